The summed E-state index contributed by atoms with van der Waals surface area (Å²) < 4.78 is 22.1. The van der Waals surface area contributed by atoms with Gasteiger partial charge in [0.05, 0.1) is 13.2 Å². The van der Waals surface area contributed by atoms with E-state index in [-0.39, 0.29) is 55.1 Å². The van der Waals surface area contributed by atoms with Crippen molar-refractivity contribution in [2.75, 3.05) is 19.8 Å². The molecule has 142 valence electrons. The van der Waals surface area contributed by atoms with Crippen molar-refractivity contribution in [3.8, 4) is 0 Å². The van der Waals surface area contributed by atoms with E-state index in [1.807, 2.05) is 0 Å². The largest absolute Gasteiger partial charge is 0.466 e. The summed E-state index contributed by atoms with van der Waals surface area (Å²) in [7, 11) is 0. The molecule has 2 fully saturated rings. The molecule has 1 saturated carbocycles. The molecule has 7 heteroatoms. The SMILES string of the molecule is CC(=O)OCC1CC(OC(C)=O)C(CC=O)C1COC1CCCCO1. The molecule has 2 rings (SSSR count). The predicted octanol–water partition coefficient (Wildman–Crippen LogP) is 1.87. The van der Waals surface area contributed by atoms with Gasteiger partial charge in [0, 0.05) is 38.7 Å². The number of aldehydes is 1. The second kappa shape index (κ2) is 9.87. The van der Waals surface area contributed by atoms with Crippen LogP contribution in [0.25, 0.3) is 0 Å². The van der Waals surface area contributed by atoms with Crippen molar-refractivity contribution >= 4 is 18.2 Å². The summed E-state index contributed by atoms with van der Waals surface area (Å²) >= 11 is 0. The zero-order valence-electron chi connectivity index (χ0n) is 15.0. The molecule has 0 spiro atoms. The van der Waals surface area contributed by atoms with E-state index in [4.69, 9.17) is 18.9 Å². The fourth-order valence-corrected chi connectivity index (χ4v) is 3.80. The number of carbonyl (C=O) groups excluding carboxylic acids is 3. The van der Waals surface area contributed by atoms with Crippen LogP contribution < -0.4 is 0 Å². The van der Waals surface area contributed by atoms with E-state index >= 15 is 0 Å². The number of hydrogen-bond donors (Lipinski definition) is 0. The van der Waals surface area contributed by atoms with Gasteiger partial charge in [0.1, 0.15) is 12.4 Å². The standard InChI is InChI=1S/C18H28O7/c1-12(20)23-10-14-9-17(25-13(2)21)15(6-7-19)16(14)11-24-18-5-3-4-8-22-18/h7,14-18H,3-6,8-11H2,1-2H3. The zero-order chi connectivity index (χ0) is 18.2. The highest BCUT2D eigenvalue weighted by molar-refractivity contribution is 5.66. The highest BCUT2D eigenvalue weighted by Gasteiger charge is 2.45. The third-order valence-electron chi connectivity index (χ3n) is 4.97. The van der Waals surface area contributed by atoms with Crippen LogP contribution in [0.15, 0.2) is 0 Å². The molecule has 0 aromatic rings. The van der Waals surface area contributed by atoms with Crippen molar-refractivity contribution in [2.45, 2.75) is 58.3 Å². The van der Waals surface area contributed by atoms with Gasteiger partial charge in [0.25, 0.3) is 0 Å². The summed E-state index contributed by atoms with van der Waals surface area (Å²) in [5, 5.41) is 0. The molecule has 0 radical (unpaired) electrons. The van der Waals surface area contributed by atoms with Crippen LogP contribution in [0.2, 0.25) is 0 Å². The number of hydrogen-bond acceptors (Lipinski definition) is 7. The lowest BCUT2D eigenvalue weighted by atomic mass is 9.88. The average molecular weight is 356 g/mol. The minimum atomic E-state index is -0.371. The van der Waals surface area contributed by atoms with Gasteiger partial charge >= 0.3 is 11.9 Å². The second-order valence-corrected chi connectivity index (χ2v) is 6.81. The maximum absolute atomic E-state index is 11.4. The van der Waals surface area contributed by atoms with Gasteiger partial charge in [0.15, 0.2) is 6.29 Å². The Morgan fingerprint density at radius 3 is 2.52 bits per heavy atom. The molecule has 0 aromatic carbocycles. The lowest BCUT2D eigenvalue weighted by Gasteiger charge is -2.28. The predicted molar refractivity (Wildman–Crippen MR) is 87.5 cm³/mol. The van der Waals surface area contributed by atoms with E-state index in [1.54, 1.807) is 0 Å². The Morgan fingerprint density at radius 2 is 1.92 bits per heavy atom. The molecule has 5 unspecified atom stereocenters. The quantitative estimate of drug-likeness (QED) is 0.484. The van der Waals surface area contributed by atoms with Gasteiger partial charge in [-0.1, -0.05) is 0 Å². The fraction of sp³-hybridized carbons (Fsp3) is 0.833. The Bertz CT molecular complexity index is 458. The molecule has 0 bridgehead atoms. The summed E-state index contributed by atoms with van der Waals surface area (Å²) in [5.41, 5.74) is 0. The van der Waals surface area contributed by atoms with Gasteiger partial charge in [-0.2, -0.15) is 0 Å². The first-order valence-corrected chi connectivity index (χ1v) is 8.98. The van der Waals surface area contributed by atoms with Crippen LogP contribution in [-0.4, -0.2) is 50.4 Å². The van der Waals surface area contributed by atoms with E-state index in [9.17, 15) is 14.4 Å². The number of esters is 2. The van der Waals surface area contributed by atoms with Crippen LogP contribution >= 0.6 is 0 Å². The highest BCUT2D eigenvalue weighted by Crippen LogP contribution is 2.41. The first-order valence-electron chi connectivity index (χ1n) is 8.98. The smallest absolute Gasteiger partial charge is 0.302 e. The second-order valence-electron chi connectivity index (χ2n) is 6.81. The third-order valence-corrected chi connectivity index (χ3v) is 4.97. The Labute approximate surface area is 148 Å². The summed E-state index contributed by atoms with van der Waals surface area (Å²) in [5.74, 6) is -0.894. The molecule has 1 aliphatic carbocycles. The lowest BCUT2D eigenvalue weighted by molar-refractivity contribution is -0.176. The minimum Gasteiger partial charge on any atom is -0.466 e. The van der Waals surface area contributed by atoms with Gasteiger partial charge < -0.3 is 23.7 Å². The molecule has 5 atom stereocenters. The van der Waals surface area contributed by atoms with Crippen LogP contribution in [0.3, 0.4) is 0 Å². The number of rotatable bonds is 8. The maximum atomic E-state index is 11.4. The highest BCUT2D eigenvalue weighted by atomic mass is 16.7. The van der Waals surface area contributed by atoms with Gasteiger partial charge in [-0.15, -0.1) is 0 Å². The molecule has 0 aromatic heterocycles. The summed E-state index contributed by atoms with van der Waals surface area (Å²) in [6.07, 6.45) is 4.07. The molecule has 1 heterocycles. The van der Waals surface area contributed by atoms with Gasteiger partial charge in [-0.3, -0.25) is 9.59 Å². The van der Waals surface area contributed by atoms with Gasteiger partial charge in [-0.25, -0.2) is 0 Å². The average Bonchev–Trinajstić information content (AvgIpc) is 2.88. The summed E-state index contributed by atoms with van der Waals surface area (Å²) in [6, 6.07) is 0. The van der Waals surface area contributed by atoms with Gasteiger partial charge in [0.2, 0.25) is 0 Å². The number of ether oxygens (including phenoxy) is 4. The summed E-state index contributed by atoms with van der Waals surface area (Å²) in [4.78, 5) is 33.7. The topological polar surface area (TPSA) is 88.1 Å². The molecule has 0 amide bonds. The number of carbonyl (C=O) groups is 3. The fourth-order valence-electron chi connectivity index (χ4n) is 3.80. The normalized spacial score (nSPS) is 32.2. The monoisotopic (exact) mass is 356 g/mol. The van der Waals surface area contributed by atoms with Crippen molar-refractivity contribution in [2.24, 2.45) is 17.8 Å². The Hall–Kier alpha value is -1.47. The van der Waals surface area contributed by atoms with Crippen molar-refractivity contribution in [1.82, 2.24) is 0 Å². The van der Waals surface area contributed by atoms with E-state index in [2.05, 4.69) is 0 Å². The van der Waals surface area contributed by atoms with Crippen molar-refractivity contribution in [3.63, 3.8) is 0 Å². The van der Waals surface area contributed by atoms with Crippen molar-refractivity contribution in [3.05, 3.63) is 0 Å². The van der Waals surface area contributed by atoms with E-state index in [0.29, 0.717) is 19.6 Å². The van der Waals surface area contributed by atoms with Crippen molar-refractivity contribution in [1.29, 1.82) is 0 Å². The van der Waals surface area contributed by atoms with E-state index < -0.39 is 0 Å². The molecule has 0 N–H and O–H groups in total. The molecule has 1 aliphatic heterocycles. The first kappa shape index (κ1) is 19.8. The third kappa shape index (κ3) is 6.08. The molecular weight excluding hydrogens is 328 g/mol. The Morgan fingerprint density at radius 1 is 1.12 bits per heavy atom. The molecule has 25 heavy (non-hydrogen) atoms. The summed E-state index contributed by atoms with van der Waals surface area (Å²) in [6.45, 7) is 4.05. The van der Waals surface area contributed by atoms with Crippen LogP contribution in [0, 0.1) is 17.8 Å². The molecular formula is C18H28O7. The maximum Gasteiger partial charge on any atom is 0.302 e. The lowest BCUT2D eigenvalue weighted by Crippen LogP contribution is -2.32. The van der Waals surface area contributed by atoms with Crippen LogP contribution in [0.4, 0.5) is 0 Å². The van der Waals surface area contributed by atoms with Crippen molar-refractivity contribution < 1.29 is 33.3 Å². The van der Waals surface area contributed by atoms with Crippen LogP contribution in [0.1, 0.15) is 46.0 Å². The van der Waals surface area contributed by atoms with E-state index in [1.165, 1.54) is 13.8 Å². The van der Waals surface area contributed by atoms with Crippen LogP contribution in [0.5, 0.6) is 0 Å². The zero-order valence-corrected chi connectivity index (χ0v) is 15.0. The van der Waals surface area contributed by atoms with Gasteiger partial charge in [-0.05, 0) is 31.6 Å². The first-order chi connectivity index (χ1) is 12.0. The molecule has 2 aliphatic rings. The molecule has 7 nitrogen and oxygen atoms in total. The molecule has 1 saturated heterocycles. The Balaban J connectivity index is 2.03. The van der Waals surface area contributed by atoms with Crippen LogP contribution in [-0.2, 0) is 33.3 Å². The minimum absolute atomic E-state index is 0.0122. The van der Waals surface area contributed by atoms with E-state index in [0.717, 1.165) is 25.5 Å². The Kier molecular flexibility index (Phi) is 7.84.